The highest BCUT2D eigenvalue weighted by molar-refractivity contribution is 8.09. The molecule has 36 heavy (non-hydrogen) atoms. The highest BCUT2D eigenvalue weighted by atomic mass is 32.5. The van der Waals surface area contributed by atoms with Gasteiger partial charge in [-0.05, 0) is 51.6 Å². The molecule has 0 amide bonds. The molecule has 1 aromatic heterocycles. The molecule has 1 aromatic carbocycles. The topological polar surface area (TPSA) is 161 Å². The fourth-order valence-electron chi connectivity index (χ4n) is 3.50. The SMILES string of the molecule is CC(C)OC(=O)C(C)NP(=S)(OCC1O[C@@H](n2ccc(=O)[nH]c2=O)C(C)(O)C1O)Oc1ccccc1. The summed E-state index contributed by atoms with van der Waals surface area (Å²) in [5.74, 6) is -0.174. The summed E-state index contributed by atoms with van der Waals surface area (Å²) in [6.07, 6.45) is -3.14. The Morgan fingerprint density at radius 2 is 1.94 bits per heavy atom. The summed E-state index contributed by atoms with van der Waals surface area (Å²) in [6.45, 7) is 2.49. The van der Waals surface area contributed by atoms with E-state index < -0.39 is 53.9 Å². The number of nitrogens with one attached hydrogen (secondary N) is 2. The minimum Gasteiger partial charge on any atom is -0.462 e. The van der Waals surface area contributed by atoms with E-state index in [9.17, 15) is 24.6 Å². The molecule has 2 aromatic rings. The molecule has 0 radical (unpaired) electrons. The minimum absolute atomic E-state index is 0.340. The minimum atomic E-state index is -3.43. The average molecular weight is 544 g/mol. The molecule has 6 atom stereocenters. The number of aliphatic hydroxyl groups excluding tert-OH is 1. The standard InChI is InChI=1S/C22H30N3O9PS/c1-13(2)32-19(28)14(3)24-35(36,34-15-8-6-5-7-9-15)31-12-16-18(27)22(4,30)20(33-16)25-11-10-17(26)23-21(25)29/h5-11,13-14,16,18,20,27,30H,12H2,1-4H3,(H,24,36)(H,23,26,29)/t14?,16?,18?,20-,22?,35?/m1/s1. The highest BCUT2D eigenvalue weighted by Crippen LogP contribution is 2.47. The van der Waals surface area contributed by atoms with Crippen molar-refractivity contribution in [2.24, 2.45) is 0 Å². The number of carbonyl (C=O) groups is 1. The molecule has 198 valence electrons. The number of H-pyrrole nitrogens is 1. The van der Waals surface area contributed by atoms with Crippen LogP contribution < -0.4 is 20.9 Å². The zero-order valence-corrected chi connectivity index (χ0v) is 21.9. The summed E-state index contributed by atoms with van der Waals surface area (Å²) in [5.41, 5.74) is -3.36. The Kier molecular flexibility index (Phi) is 8.88. The molecule has 0 aliphatic carbocycles. The number of hydrogen-bond acceptors (Lipinski definition) is 10. The van der Waals surface area contributed by atoms with E-state index in [-0.39, 0.29) is 12.7 Å². The predicted molar refractivity (Wildman–Crippen MR) is 133 cm³/mol. The van der Waals surface area contributed by atoms with Crippen LogP contribution in [0.1, 0.15) is 33.9 Å². The maximum absolute atomic E-state index is 12.4. The van der Waals surface area contributed by atoms with Crippen molar-refractivity contribution >= 4 is 24.4 Å². The number of aromatic nitrogens is 2. The van der Waals surface area contributed by atoms with Crippen LogP contribution in [0.2, 0.25) is 0 Å². The Morgan fingerprint density at radius 3 is 2.56 bits per heavy atom. The van der Waals surface area contributed by atoms with E-state index in [0.29, 0.717) is 5.75 Å². The van der Waals surface area contributed by atoms with Crippen LogP contribution in [0, 0.1) is 0 Å². The largest absolute Gasteiger partial charge is 0.462 e. The number of aromatic amines is 1. The van der Waals surface area contributed by atoms with Gasteiger partial charge in [0.1, 0.15) is 29.6 Å². The summed E-state index contributed by atoms with van der Waals surface area (Å²) in [5, 5.41) is 24.5. The number of para-hydroxylation sites is 1. The third-order valence-electron chi connectivity index (χ3n) is 5.29. The number of ether oxygens (including phenoxy) is 2. The number of aliphatic hydroxyl groups is 2. The predicted octanol–water partition coefficient (Wildman–Crippen LogP) is 0.796. The lowest BCUT2D eigenvalue weighted by Crippen LogP contribution is -2.47. The highest BCUT2D eigenvalue weighted by Gasteiger charge is 2.53. The molecule has 0 bridgehead atoms. The van der Waals surface area contributed by atoms with Crippen LogP contribution in [0.5, 0.6) is 5.75 Å². The summed E-state index contributed by atoms with van der Waals surface area (Å²) < 4.78 is 23.7. The van der Waals surface area contributed by atoms with Crippen molar-refractivity contribution in [1.29, 1.82) is 0 Å². The Hall–Kier alpha value is -2.38. The van der Waals surface area contributed by atoms with Crippen LogP contribution in [0.25, 0.3) is 0 Å². The average Bonchev–Trinajstić information content (AvgIpc) is 3.01. The number of benzene rings is 1. The Morgan fingerprint density at radius 1 is 1.28 bits per heavy atom. The van der Waals surface area contributed by atoms with E-state index in [0.717, 1.165) is 16.8 Å². The molecule has 3 rings (SSSR count). The zero-order chi connectivity index (χ0) is 26.7. The van der Waals surface area contributed by atoms with E-state index in [1.54, 1.807) is 51.1 Å². The first-order chi connectivity index (χ1) is 16.8. The zero-order valence-electron chi connectivity index (χ0n) is 20.2. The van der Waals surface area contributed by atoms with Crippen LogP contribution in [0.4, 0.5) is 0 Å². The van der Waals surface area contributed by atoms with Crippen molar-refractivity contribution in [3.8, 4) is 5.75 Å². The summed E-state index contributed by atoms with van der Waals surface area (Å²) in [7, 11) is 0. The van der Waals surface area contributed by atoms with Crippen LogP contribution in [-0.4, -0.2) is 62.3 Å². The fourth-order valence-corrected chi connectivity index (χ4v) is 5.91. The molecule has 1 fully saturated rings. The second kappa shape index (κ2) is 11.3. The summed E-state index contributed by atoms with van der Waals surface area (Å²) >= 11 is 5.63. The number of rotatable bonds is 10. The van der Waals surface area contributed by atoms with E-state index in [1.165, 1.54) is 6.92 Å². The van der Waals surface area contributed by atoms with Gasteiger partial charge in [0.05, 0.1) is 12.7 Å². The number of hydrogen-bond donors (Lipinski definition) is 4. The Labute approximate surface area is 212 Å². The van der Waals surface area contributed by atoms with Gasteiger partial charge in [0, 0.05) is 12.3 Å². The van der Waals surface area contributed by atoms with Crippen molar-refractivity contribution in [3.63, 3.8) is 0 Å². The van der Waals surface area contributed by atoms with Gasteiger partial charge in [-0.15, -0.1) is 0 Å². The number of carbonyl (C=O) groups excluding carboxylic acids is 1. The first-order valence-electron chi connectivity index (χ1n) is 11.2. The van der Waals surface area contributed by atoms with Gasteiger partial charge < -0.3 is 28.7 Å². The quantitative estimate of drug-likeness (QED) is 0.248. The van der Waals surface area contributed by atoms with Gasteiger partial charge >= 0.3 is 18.3 Å². The van der Waals surface area contributed by atoms with Crippen molar-refractivity contribution in [2.45, 2.75) is 63.9 Å². The van der Waals surface area contributed by atoms with Crippen LogP contribution in [-0.2, 0) is 30.6 Å². The van der Waals surface area contributed by atoms with E-state index >= 15 is 0 Å². The fraction of sp³-hybridized carbons (Fsp3) is 0.500. The van der Waals surface area contributed by atoms with Gasteiger partial charge in [0.25, 0.3) is 5.56 Å². The second-order valence-electron chi connectivity index (χ2n) is 8.75. The lowest BCUT2D eigenvalue weighted by Gasteiger charge is -2.28. The molecular formula is C22H30N3O9PS. The van der Waals surface area contributed by atoms with Crippen molar-refractivity contribution in [3.05, 3.63) is 63.4 Å². The lowest BCUT2D eigenvalue weighted by atomic mass is 9.96. The molecular weight excluding hydrogens is 513 g/mol. The van der Waals surface area contributed by atoms with Gasteiger partial charge in [-0.3, -0.25) is 19.1 Å². The van der Waals surface area contributed by atoms with Crippen LogP contribution >= 0.6 is 6.64 Å². The molecule has 1 aliphatic rings. The molecule has 4 N–H and O–H groups in total. The molecule has 0 spiro atoms. The van der Waals surface area contributed by atoms with E-state index in [1.807, 2.05) is 0 Å². The van der Waals surface area contributed by atoms with Gasteiger partial charge in [0.2, 0.25) is 0 Å². The van der Waals surface area contributed by atoms with Gasteiger partial charge in [-0.1, -0.05) is 18.2 Å². The van der Waals surface area contributed by atoms with Crippen molar-refractivity contribution in [1.82, 2.24) is 14.6 Å². The van der Waals surface area contributed by atoms with Crippen LogP contribution in [0.15, 0.2) is 52.2 Å². The van der Waals surface area contributed by atoms with E-state index in [4.69, 9.17) is 30.3 Å². The first kappa shape index (κ1) is 28.2. The molecule has 2 heterocycles. The van der Waals surface area contributed by atoms with Crippen LogP contribution in [0.3, 0.4) is 0 Å². The monoisotopic (exact) mass is 543 g/mol. The molecule has 0 saturated carbocycles. The molecule has 1 saturated heterocycles. The maximum atomic E-state index is 12.4. The van der Waals surface area contributed by atoms with Crippen molar-refractivity contribution in [2.75, 3.05) is 6.61 Å². The third kappa shape index (κ3) is 6.68. The summed E-state index contributed by atoms with van der Waals surface area (Å²) in [4.78, 5) is 38.1. The van der Waals surface area contributed by atoms with Gasteiger partial charge in [0.15, 0.2) is 6.23 Å². The van der Waals surface area contributed by atoms with Gasteiger partial charge in [-0.2, -0.15) is 0 Å². The lowest BCUT2D eigenvalue weighted by molar-refractivity contribution is -0.149. The van der Waals surface area contributed by atoms with Crippen molar-refractivity contribution < 1.29 is 33.5 Å². The molecule has 5 unspecified atom stereocenters. The number of esters is 1. The van der Waals surface area contributed by atoms with Gasteiger partial charge in [-0.25, -0.2) is 9.88 Å². The molecule has 12 nitrogen and oxygen atoms in total. The molecule has 1 aliphatic heterocycles. The third-order valence-corrected chi connectivity index (χ3v) is 7.79. The first-order valence-corrected chi connectivity index (χ1v) is 13.8. The Balaban J connectivity index is 1.80. The smallest absolute Gasteiger partial charge is 0.330 e. The normalized spacial score (nSPS) is 26.4. The Bertz CT molecular complexity index is 1220. The second-order valence-corrected chi connectivity index (χ2v) is 11.9. The summed E-state index contributed by atoms with van der Waals surface area (Å²) in [6, 6.07) is 8.79. The molecule has 14 heteroatoms. The number of nitrogens with zero attached hydrogens (tertiary/aromatic N) is 1. The van der Waals surface area contributed by atoms with E-state index in [2.05, 4.69) is 10.1 Å². The maximum Gasteiger partial charge on any atom is 0.330 e.